The van der Waals surface area contributed by atoms with Crippen molar-refractivity contribution < 1.29 is 27.4 Å². The fourth-order valence-corrected chi connectivity index (χ4v) is 2.89. The molecule has 0 unspecified atom stereocenters. The summed E-state index contributed by atoms with van der Waals surface area (Å²) in [5.41, 5.74) is 0.530. The van der Waals surface area contributed by atoms with Gasteiger partial charge in [0, 0.05) is 12.7 Å². The Labute approximate surface area is 180 Å². The first-order chi connectivity index (χ1) is 14.7. The van der Waals surface area contributed by atoms with E-state index in [-0.39, 0.29) is 23.1 Å². The molecule has 0 saturated heterocycles. The normalized spacial score (nSPS) is 12.1. The summed E-state index contributed by atoms with van der Waals surface area (Å²) in [6.07, 6.45) is -1.51. The van der Waals surface area contributed by atoms with Crippen molar-refractivity contribution in [3.63, 3.8) is 0 Å². The largest absolute Gasteiger partial charge is 0.493 e. The number of methoxy groups -OCH3 is 1. The van der Waals surface area contributed by atoms with Gasteiger partial charge >= 0.3 is 6.18 Å². The van der Waals surface area contributed by atoms with Crippen molar-refractivity contribution in [3.05, 3.63) is 59.4 Å². The van der Waals surface area contributed by atoms with Gasteiger partial charge in [-0.25, -0.2) is 0 Å². The molecule has 8 heteroatoms. The summed E-state index contributed by atoms with van der Waals surface area (Å²) in [6, 6.07) is 7.70. The second kappa shape index (κ2) is 10.8. The van der Waals surface area contributed by atoms with Gasteiger partial charge in [-0.15, -0.1) is 0 Å². The predicted molar refractivity (Wildman–Crippen MR) is 113 cm³/mol. The number of alkyl halides is 3. The Morgan fingerprint density at radius 1 is 1.19 bits per heavy atom. The summed E-state index contributed by atoms with van der Waals surface area (Å²) in [6.45, 7) is 6.50. The lowest BCUT2D eigenvalue weighted by molar-refractivity contribution is -0.137. The van der Waals surface area contributed by atoms with Gasteiger partial charge in [-0.05, 0) is 49.1 Å². The molecule has 0 aliphatic heterocycles. The monoisotopic (exact) mass is 436 g/mol. The zero-order chi connectivity index (χ0) is 23.0. The van der Waals surface area contributed by atoms with E-state index in [1.165, 1.54) is 6.07 Å². The molecule has 0 spiro atoms. The number of benzene rings is 1. The number of hydrogen-bond donors (Lipinski definition) is 1. The predicted octanol–water partition coefficient (Wildman–Crippen LogP) is 4.91. The lowest BCUT2D eigenvalue weighted by atomic mass is 10.0. The molecule has 1 aromatic carbocycles. The first kappa shape index (κ1) is 24.2. The average molecular weight is 436 g/mol. The van der Waals surface area contributed by atoms with E-state index in [2.05, 4.69) is 10.3 Å². The number of carbonyl (C=O) groups is 1. The number of halogens is 3. The fraction of sp³-hybridized carbons (Fsp3) is 0.391. The smallest absolute Gasteiger partial charge is 0.417 e. The minimum absolute atomic E-state index is 0.0141. The summed E-state index contributed by atoms with van der Waals surface area (Å²) in [5, 5.41) is 2.82. The molecule has 0 saturated carbocycles. The lowest BCUT2D eigenvalue weighted by Crippen LogP contribution is -2.27. The van der Waals surface area contributed by atoms with Crippen molar-refractivity contribution in [2.45, 2.75) is 33.4 Å². The van der Waals surface area contributed by atoms with Crippen molar-refractivity contribution in [1.29, 1.82) is 0 Å². The lowest BCUT2D eigenvalue weighted by Gasteiger charge is -2.13. The Hall–Kier alpha value is -3.03. The third-order valence-corrected chi connectivity index (χ3v) is 4.34. The van der Waals surface area contributed by atoms with E-state index in [4.69, 9.17) is 9.47 Å². The van der Waals surface area contributed by atoms with E-state index in [0.29, 0.717) is 31.1 Å². The molecule has 2 rings (SSSR count). The fourth-order valence-electron chi connectivity index (χ4n) is 2.89. The number of amides is 1. The van der Waals surface area contributed by atoms with E-state index in [0.717, 1.165) is 17.8 Å². The number of rotatable bonds is 9. The van der Waals surface area contributed by atoms with Gasteiger partial charge in [0.1, 0.15) is 0 Å². The Balaban J connectivity index is 2.08. The number of pyridine rings is 1. The summed E-state index contributed by atoms with van der Waals surface area (Å²) >= 11 is 0. The van der Waals surface area contributed by atoms with E-state index in [1.807, 2.05) is 39.0 Å². The molecule has 1 amide bonds. The number of hydrogen-bond acceptors (Lipinski definition) is 4. The summed E-state index contributed by atoms with van der Waals surface area (Å²) in [4.78, 5) is 16.6. The molecule has 0 bridgehead atoms. The maximum atomic E-state index is 12.8. The van der Waals surface area contributed by atoms with Crippen LogP contribution in [0.25, 0.3) is 5.57 Å². The first-order valence-electron chi connectivity index (χ1n) is 9.99. The van der Waals surface area contributed by atoms with Gasteiger partial charge in [0.25, 0.3) is 5.91 Å². The minimum Gasteiger partial charge on any atom is -0.493 e. The average Bonchev–Trinajstić information content (AvgIpc) is 2.72. The van der Waals surface area contributed by atoms with Crippen LogP contribution in [0.5, 0.6) is 11.5 Å². The molecule has 0 aliphatic rings. The van der Waals surface area contributed by atoms with Gasteiger partial charge in [0.2, 0.25) is 0 Å². The van der Waals surface area contributed by atoms with Crippen LogP contribution in [0, 0.1) is 5.92 Å². The second-order valence-electron chi connectivity index (χ2n) is 7.18. The van der Waals surface area contributed by atoms with Crippen LogP contribution >= 0.6 is 0 Å². The van der Waals surface area contributed by atoms with Crippen LogP contribution < -0.4 is 14.8 Å². The van der Waals surface area contributed by atoms with Gasteiger partial charge in [0.05, 0.1) is 30.5 Å². The van der Waals surface area contributed by atoms with Crippen LogP contribution in [-0.4, -0.2) is 31.2 Å². The number of nitrogens with one attached hydrogen (secondary N) is 1. The van der Waals surface area contributed by atoms with Crippen LogP contribution in [0.1, 0.15) is 37.6 Å². The number of nitrogens with zero attached hydrogens (tertiary/aromatic N) is 1. The van der Waals surface area contributed by atoms with Crippen molar-refractivity contribution in [1.82, 2.24) is 10.3 Å². The third kappa shape index (κ3) is 7.01. The second-order valence-corrected chi connectivity index (χ2v) is 7.18. The number of allylic oxidation sites excluding steroid dienone is 1. The zero-order valence-corrected chi connectivity index (χ0v) is 18.0. The molecular weight excluding hydrogens is 409 g/mol. The molecule has 1 N–H and O–H groups in total. The van der Waals surface area contributed by atoms with E-state index in [9.17, 15) is 18.0 Å². The maximum absolute atomic E-state index is 12.8. The summed E-state index contributed by atoms with van der Waals surface area (Å²) in [7, 11) is 1.56. The standard InChI is InChI=1S/C23H27F3N2O3/c1-5-31-20-9-6-16(13-21(20)30-4)10-11-27-22(29)18(12-15(2)3)19-8-7-17(14-28-19)23(24,25)26/h6-9,12-15H,5,10-11H2,1-4H3,(H,27,29). The number of aromatic nitrogens is 1. The van der Waals surface area contributed by atoms with Crippen molar-refractivity contribution in [2.75, 3.05) is 20.3 Å². The highest BCUT2D eigenvalue weighted by Crippen LogP contribution is 2.30. The van der Waals surface area contributed by atoms with Gasteiger partial charge in [-0.1, -0.05) is 26.0 Å². The molecule has 0 atom stereocenters. The van der Waals surface area contributed by atoms with E-state index < -0.39 is 11.7 Å². The molecule has 5 nitrogen and oxygen atoms in total. The molecule has 168 valence electrons. The van der Waals surface area contributed by atoms with Crippen LogP contribution in [0.15, 0.2) is 42.6 Å². The van der Waals surface area contributed by atoms with Crippen LogP contribution in [0.3, 0.4) is 0 Å². The number of ether oxygens (including phenoxy) is 2. The first-order valence-corrected chi connectivity index (χ1v) is 9.99. The Kier molecular flexibility index (Phi) is 8.47. The molecular formula is C23H27F3N2O3. The third-order valence-electron chi connectivity index (χ3n) is 4.34. The van der Waals surface area contributed by atoms with Crippen LogP contribution in [0.2, 0.25) is 0 Å². The van der Waals surface area contributed by atoms with Gasteiger partial charge in [-0.3, -0.25) is 9.78 Å². The molecule has 1 aromatic heterocycles. The van der Waals surface area contributed by atoms with Crippen molar-refractivity contribution in [2.24, 2.45) is 5.92 Å². The Morgan fingerprint density at radius 3 is 2.48 bits per heavy atom. The highest BCUT2D eigenvalue weighted by Gasteiger charge is 2.31. The quantitative estimate of drug-likeness (QED) is 0.568. The molecule has 0 fully saturated rings. The number of carbonyl (C=O) groups excluding carboxylic acids is 1. The van der Waals surface area contributed by atoms with E-state index >= 15 is 0 Å². The highest BCUT2D eigenvalue weighted by atomic mass is 19.4. The van der Waals surface area contributed by atoms with Crippen LogP contribution in [0.4, 0.5) is 13.2 Å². The van der Waals surface area contributed by atoms with Crippen molar-refractivity contribution in [3.8, 4) is 11.5 Å². The van der Waals surface area contributed by atoms with Gasteiger partial charge in [-0.2, -0.15) is 13.2 Å². The summed E-state index contributed by atoms with van der Waals surface area (Å²) < 4.78 is 49.2. The molecule has 1 heterocycles. The highest BCUT2D eigenvalue weighted by molar-refractivity contribution is 6.18. The molecule has 0 radical (unpaired) electrons. The van der Waals surface area contributed by atoms with E-state index in [1.54, 1.807) is 13.2 Å². The SMILES string of the molecule is CCOc1ccc(CCNC(=O)C(=CC(C)C)c2ccc(C(F)(F)F)cn2)cc1OC. The van der Waals surface area contributed by atoms with Gasteiger partial charge in [0.15, 0.2) is 11.5 Å². The maximum Gasteiger partial charge on any atom is 0.417 e. The van der Waals surface area contributed by atoms with Crippen molar-refractivity contribution >= 4 is 11.5 Å². The topological polar surface area (TPSA) is 60.5 Å². The Morgan fingerprint density at radius 2 is 1.94 bits per heavy atom. The minimum atomic E-state index is -4.48. The molecule has 2 aromatic rings. The van der Waals surface area contributed by atoms with Crippen LogP contribution in [-0.2, 0) is 17.4 Å². The Bertz CT molecular complexity index is 907. The van der Waals surface area contributed by atoms with Gasteiger partial charge < -0.3 is 14.8 Å². The zero-order valence-electron chi connectivity index (χ0n) is 18.0. The molecule has 0 aliphatic carbocycles. The summed E-state index contributed by atoms with van der Waals surface area (Å²) in [5.74, 6) is 0.882. The molecule has 31 heavy (non-hydrogen) atoms.